The van der Waals surface area contributed by atoms with Crippen LogP contribution in [0.15, 0.2) is 12.2 Å². The van der Waals surface area contributed by atoms with Crippen LogP contribution < -0.4 is 5.73 Å². The highest BCUT2D eigenvalue weighted by molar-refractivity contribution is 5.42. The second-order valence-corrected chi connectivity index (χ2v) is 3.95. The fourth-order valence-electron chi connectivity index (χ4n) is 2.12. The van der Waals surface area contributed by atoms with Gasteiger partial charge in [-0.15, -0.1) is 0 Å². The molecular weight excluding hydrogens is 122 g/mol. The quantitative estimate of drug-likeness (QED) is 0.576. The molecule has 1 nitrogen and oxygen atoms in total. The SMILES string of the molecule is C=C1C(CC(C)N)C12CC2. The summed E-state index contributed by atoms with van der Waals surface area (Å²) in [4.78, 5) is 0. The number of hydrogen-bond acceptors (Lipinski definition) is 1. The highest BCUT2D eigenvalue weighted by Gasteiger charge is 2.65. The number of rotatable bonds is 2. The largest absolute Gasteiger partial charge is 0.328 e. The van der Waals surface area contributed by atoms with Crippen LogP contribution in [0.25, 0.3) is 0 Å². The van der Waals surface area contributed by atoms with Crippen LogP contribution in [-0.4, -0.2) is 6.04 Å². The van der Waals surface area contributed by atoms with Crippen molar-refractivity contribution >= 4 is 0 Å². The summed E-state index contributed by atoms with van der Waals surface area (Å²) in [5.74, 6) is 0.799. The molecule has 2 aliphatic rings. The Morgan fingerprint density at radius 1 is 1.80 bits per heavy atom. The Kier molecular flexibility index (Phi) is 1.06. The molecule has 1 heteroatoms. The first kappa shape index (κ1) is 6.41. The van der Waals surface area contributed by atoms with Gasteiger partial charge in [-0.05, 0) is 37.5 Å². The fraction of sp³-hybridized carbons (Fsp3) is 0.778. The summed E-state index contributed by atoms with van der Waals surface area (Å²) in [6.45, 7) is 6.15. The van der Waals surface area contributed by atoms with E-state index in [9.17, 15) is 0 Å². The summed E-state index contributed by atoms with van der Waals surface area (Å²) in [5.41, 5.74) is 7.83. The minimum Gasteiger partial charge on any atom is -0.328 e. The zero-order chi connectivity index (χ0) is 7.35. The van der Waals surface area contributed by atoms with Gasteiger partial charge in [0.1, 0.15) is 0 Å². The van der Waals surface area contributed by atoms with Crippen LogP contribution in [-0.2, 0) is 0 Å². The van der Waals surface area contributed by atoms with Gasteiger partial charge in [0.05, 0.1) is 0 Å². The molecular formula is C9H15N. The van der Waals surface area contributed by atoms with Crippen molar-refractivity contribution in [2.24, 2.45) is 17.1 Å². The smallest absolute Gasteiger partial charge is 0.00165 e. The van der Waals surface area contributed by atoms with Crippen molar-refractivity contribution in [2.75, 3.05) is 0 Å². The molecule has 2 N–H and O–H groups in total. The molecule has 2 saturated carbocycles. The van der Waals surface area contributed by atoms with Crippen LogP contribution in [0, 0.1) is 11.3 Å². The minimum absolute atomic E-state index is 0.363. The molecule has 0 aromatic rings. The summed E-state index contributed by atoms with van der Waals surface area (Å²) in [5, 5.41) is 0. The van der Waals surface area contributed by atoms with Gasteiger partial charge in [-0.3, -0.25) is 0 Å². The molecule has 0 saturated heterocycles. The lowest BCUT2D eigenvalue weighted by atomic mass is 10.1. The van der Waals surface area contributed by atoms with Crippen LogP contribution >= 0.6 is 0 Å². The molecule has 0 radical (unpaired) electrons. The molecule has 0 aromatic carbocycles. The van der Waals surface area contributed by atoms with Crippen molar-refractivity contribution in [3.05, 3.63) is 12.2 Å². The molecule has 2 fully saturated rings. The van der Waals surface area contributed by atoms with E-state index in [-0.39, 0.29) is 0 Å². The van der Waals surface area contributed by atoms with E-state index in [0.717, 1.165) is 5.92 Å². The van der Waals surface area contributed by atoms with Gasteiger partial charge in [-0.25, -0.2) is 0 Å². The van der Waals surface area contributed by atoms with E-state index in [0.29, 0.717) is 11.5 Å². The van der Waals surface area contributed by atoms with E-state index in [1.54, 1.807) is 0 Å². The molecule has 2 rings (SSSR count). The van der Waals surface area contributed by atoms with Crippen molar-refractivity contribution in [2.45, 2.75) is 32.2 Å². The Hall–Kier alpha value is -0.300. The number of nitrogens with two attached hydrogens (primary N) is 1. The molecule has 1 spiro atoms. The molecule has 10 heavy (non-hydrogen) atoms. The number of allylic oxidation sites excluding steroid dienone is 1. The fourth-order valence-corrected chi connectivity index (χ4v) is 2.12. The molecule has 0 heterocycles. The summed E-state index contributed by atoms with van der Waals surface area (Å²) < 4.78 is 0. The Morgan fingerprint density at radius 3 is 2.70 bits per heavy atom. The van der Waals surface area contributed by atoms with Crippen LogP contribution in [0.2, 0.25) is 0 Å². The topological polar surface area (TPSA) is 26.0 Å². The van der Waals surface area contributed by atoms with Crippen molar-refractivity contribution < 1.29 is 0 Å². The molecule has 2 unspecified atom stereocenters. The summed E-state index contributed by atoms with van der Waals surface area (Å²) in [6, 6.07) is 0.363. The van der Waals surface area contributed by atoms with Crippen LogP contribution in [0.3, 0.4) is 0 Å². The van der Waals surface area contributed by atoms with E-state index >= 15 is 0 Å². The first-order valence-electron chi connectivity index (χ1n) is 4.12. The Labute approximate surface area is 62.3 Å². The van der Waals surface area contributed by atoms with E-state index in [4.69, 9.17) is 5.73 Å². The van der Waals surface area contributed by atoms with Crippen molar-refractivity contribution in [1.29, 1.82) is 0 Å². The van der Waals surface area contributed by atoms with E-state index in [2.05, 4.69) is 13.5 Å². The van der Waals surface area contributed by atoms with E-state index in [1.807, 2.05) is 0 Å². The standard InChI is InChI=1S/C9H15N/c1-6(10)5-8-7(2)9(8)3-4-9/h6,8H,2-5,10H2,1H3. The second-order valence-electron chi connectivity index (χ2n) is 3.95. The monoisotopic (exact) mass is 137 g/mol. The molecule has 2 aliphatic carbocycles. The second kappa shape index (κ2) is 1.65. The van der Waals surface area contributed by atoms with E-state index < -0.39 is 0 Å². The average Bonchev–Trinajstić information content (AvgIpc) is 2.67. The normalized spacial score (nSPS) is 36.2. The molecule has 0 amide bonds. The Balaban J connectivity index is 1.93. The van der Waals surface area contributed by atoms with Gasteiger partial charge in [0.25, 0.3) is 0 Å². The third kappa shape index (κ3) is 0.671. The first-order chi connectivity index (χ1) is 4.67. The third-order valence-electron chi connectivity index (χ3n) is 3.04. The molecule has 0 bridgehead atoms. The van der Waals surface area contributed by atoms with Gasteiger partial charge >= 0.3 is 0 Å². The maximum Gasteiger partial charge on any atom is 0.00165 e. The minimum atomic E-state index is 0.363. The van der Waals surface area contributed by atoms with Gasteiger partial charge < -0.3 is 5.73 Å². The van der Waals surface area contributed by atoms with Crippen LogP contribution in [0.4, 0.5) is 0 Å². The molecule has 0 aliphatic heterocycles. The van der Waals surface area contributed by atoms with Crippen molar-refractivity contribution in [3.8, 4) is 0 Å². The van der Waals surface area contributed by atoms with E-state index in [1.165, 1.54) is 24.8 Å². The zero-order valence-corrected chi connectivity index (χ0v) is 6.56. The lowest BCUT2D eigenvalue weighted by Gasteiger charge is -2.00. The Morgan fingerprint density at radius 2 is 2.40 bits per heavy atom. The highest BCUT2D eigenvalue weighted by atomic mass is 14.7. The summed E-state index contributed by atoms with van der Waals surface area (Å²) in [7, 11) is 0. The average molecular weight is 137 g/mol. The molecule has 56 valence electrons. The van der Waals surface area contributed by atoms with Gasteiger partial charge in [0, 0.05) is 6.04 Å². The maximum absolute atomic E-state index is 5.70. The lowest BCUT2D eigenvalue weighted by molar-refractivity contribution is 0.568. The lowest BCUT2D eigenvalue weighted by Crippen LogP contribution is -2.15. The van der Waals surface area contributed by atoms with Crippen LogP contribution in [0.1, 0.15) is 26.2 Å². The van der Waals surface area contributed by atoms with Gasteiger partial charge in [-0.1, -0.05) is 12.2 Å². The predicted octanol–water partition coefficient (Wildman–Crippen LogP) is 1.69. The molecule has 0 aromatic heterocycles. The van der Waals surface area contributed by atoms with Crippen LogP contribution in [0.5, 0.6) is 0 Å². The zero-order valence-electron chi connectivity index (χ0n) is 6.56. The van der Waals surface area contributed by atoms with Crippen molar-refractivity contribution in [3.63, 3.8) is 0 Å². The summed E-state index contributed by atoms with van der Waals surface area (Å²) >= 11 is 0. The number of hydrogen-bond donors (Lipinski definition) is 1. The van der Waals surface area contributed by atoms with Gasteiger partial charge in [-0.2, -0.15) is 0 Å². The van der Waals surface area contributed by atoms with Gasteiger partial charge in [0.2, 0.25) is 0 Å². The predicted molar refractivity (Wildman–Crippen MR) is 42.6 cm³/mol. The Bertz CT molecular complexity index is 177. The summed E-state index contributed by atoms with van der Waals surface area (Å²) in [6.07, 6.45) is 3.95. The third-order valence-corrected chi connectivity index (χ3v) is 3.04. The highest BCUT2D eigenvalue weighted by Crippen LogP contribution is 2.75. The first-order valence-corrected chi connectivity index (χ1v) is 4.12. The maximum atomic E-state index is 5.70. The van der Waals surface area contributed by atoms with Gasteiger partial charge in [0.15, 0.2) is 0 Å². The van der Waals surface area contributed by atoms with Crippen molar-refractivity contribution in [1.82, 2.24) is 0 Å². The molecule has 2 atom stereocenters.